The molecule has 92 valence electrons. The summed E-state index contributed by atoms with van der Waals surface area (Å²) < 4.78 is 0. The van der Waals surface area contributed by atoms with E-state index in [1.165, 1.54) is 0 Å². The largest absolute Gasteiger partial charge is 0.394 e. The monoisotopic (exact) mass is 234 g/mol. The molecule has 0 saturated carbocycles. The molecule has 4 heteroatoms. The first-order valence-electron chi connectivity index (χ1n) is 5.90. The lowest BCUT2D eigenvalue weighted by molar-refractivity contribution is -0.132. The quantitative estimate of drug-likeness (QED) is 0.794. The lowest BCUT2D eigenvalue weighted by Crippen LogP contribution is -2.59. The molecule has 2 rings (SSSR count). The third kappa shape index (κ3) is 2.84. The Hall–Kier alpha value is -1.39. The number of nitrogens with one attached hydrogen (secondary N) is 1. The van der Waals surface area contributed by atoms with Gasteiger partial charge in [0.15, 0.2) is 0 Å². The van der Waals surface area contributed by atoms with Gasteiger partial charge >= 0.3 is 0 Å². The van der Waals surface area contributed by atoms with Crippen molar-refractivity contribution in [3.63, 3.8) is 0 Å². The summed E-state index contributed by atoms with van der Waals surface area (Å²) >= 11 is 0. The van der Waals surface area contributed by atoms with Crippen LogP contribution < -0.4 is 5.32 Å². The highest BCUT2D eigenvalue weighted by Crippen LogP contribution is 2.13. The van der Waals surface area contributed by atoms with Crippen molar-refractivity contribution in [2.24, 2.45) is 0 Å². The first-order valence-corrected chi connectivity index (χ1v) is 5.90. The minimum atomic E-state index is -0.425. The van der Waals surface area contributed by atoms with Crippen molar-refractivity contribution >= 4 is 5.91 Å². The summed E-state index contributed by atoms with van der Waals surface area (Å²) in [6.07, 6.45) is 0. The molecule has 2 unspecified atom stereocenters. The van der Waals surface area contributed by atoms with Crippen LogP contribution in [0.3, 0.4) is 0 Å². The Morgan fingerprint density at radius 1 is 1.41 bits per heavy atom. The average Bonchev–Trinajstić information content (AvgIpc) is 2.30. The predicted molar refractivity (Wildman–Crippen MR) is 65.3 cm³/mol. The second kappa shape index (κ2) is 5.29. The number of piperazine rings is 1. The topological polar surface area (TPSA) is 52.6 Å². The van der Waals surface area contributed by atoms with E-state index in [1.54, 1.807) is 0 Å². The summed E-state index contributed by atoms with van der Waals surface area (Å²) in [6.45, 7) is 3.31. The van der Waals surface area contributed by atoms with Gasteiger partial charge in [0.2, 0.25) is 5.91 Å². The van der Waals surface area contributed by atoms with Gasteiger partial charge in [-0.25, -0.2) is 0 Å². The average molecular weight is 234 g/mol. The van der Waals surface area contributed by atoms with E-state index in [2.05, 4.69) is 5.32 Å². The number of hydrogen-bond acceptors (Lipinski definition) is 3. The smallest absolute Gasteiger partial charge is 0.240 e. The molecule has 0 bridgehead atoms. The molecule has 4 nitrogen and oxygen atoms in total. The summed E-state index contributed by atoms with van der Waals surface area (Å²) in [4.78, 5) is 13.8. The first-order chi connectivity index (χ1) is 8.20. The molecule has 1 aromatic rings. The molecular weight excluding hydrogens is 216 g/mol. The van der Waals surface area contributed by atoms with E-state index >= 15 is 0 Å². The molecule has 1 amide bonds. The number of aliphatic hydroxyl groups excluding tert-OH is 1. The fourth-order valence-electron chi connectivity index (χ4n) is 2.22. The fraction of sp³-hybridized carbons (Fsp3) is 0.462. The first kappa shape index (κ1) is 12.1. The van der Waals surface area contributed by atoms with Crippen molar-refractivity contribution < 1.29 is 9.90 Å². The van der Waals surface area contributed by atoms with Gasteiger partial charge in [0.1, 0.15) is 6.04 Å². The molecule has 2 N–H and O–H groups in total. The minimum absolute atomic E-state index is 0.0813. The van der Waals surface area contributed by atoms with Crippen molar-refractivity contribution in [3.8, 4) is 0 Å². The van der Waals surface area contributed by atoms with Gasteiger partial charge in [0.25, 0.3) is 0 Å². The second-order valence-corrected chi connectivity index (χ2v) is 4.52. The van der Waals surface area contributed by atoms with E-state index in [0.29, 0.717) is 6.54 Å². The van der Waals surface area contributed by atoms with E-state index < -0.39 is 6.04 Å². The van der Waals surface area contributed by atoms with Crippen molar-refractivity contribution in [2.45, 2.75) is 25.6 Å². The highest BCUT2D eigenvalue weighted by atomic mass is 16.3. The van der Waals surface area contributed by atoms with Crippen molar-refractivity contribution in [1.82, 2.24) is 10.2 Å². The Kier molecular flexibility index (Phi) is 3.76. The van der Waals surface area contributed by atoms with E-state index in [9.17, 15) is 9.90 Å². The summed E-state index contributed by atoms with van der Waals surface area (Å²) in [6, 6.07) is 9.71. The Bertz CT molecular complexity index is 380. The van der Waals surface area contributed by atoms with Crippen LogP contribution in [0.5, 0.6) is 0 Å². The van der Waals surface area contributed by atoms with E-state index in [1.807, 2.05) is 42.2 Å². The van der Waals surface area contributed by atoms with Gasteiger partial charge in [-0.3, -0.25) is 9.69 Å². The Morgan fingerprint density at radius 3 is 2.76 bits per heavy atom. The van der Waals surface area contributed by atoms with Crippen LogP contribution in [-0.2, 0) is 11.3 Å². The Labute approximate surface area is 101 Å². The molecule has 0 radical (unpaired) electrons. The third-order valence-electron chi connectivity index (χ3n) is 3.04. The summed E-state index contributed by atoms with van der Waals surface area (Å²) in [5.41, 5.74) is 1.16. The summed E-state index contributed by atoms with van der Waals surface area (Å²) in [7, 11) is 0. The molecule has 0 aliphatic carbocycles. The number of rotatable bonds is 3. The van der Waals surface area contributed by atoms with E-state index in [4.69, 9.17) is 0 Å². The normalized spacial score (nSPS) is 25.6. The molecule has 0 aromatic heterocycles. The number of hydrogen-bond donors (Lipinski definition) is 2. The van der Waals surface area contributed by atoms with Gasteiger partial charge in [-0.05, 0) is 12.5 Å². The molecule has 0 spiro atoms. The zero-order valence-electron chi connectivity index (χ0n) is 9.97. The maximum absolute atomic E-state index is 11.7. The maximum atomic E-state index is 11.7. The molecule has 1 saturated heterocycles. The number of carbonyl (C=O) groups is 1. The highest BCUT2D eigenvalue weighted by molar-refractivity contribution is 5.83. The predicted octanol–water partition coefficient (Wildman–Crippen LogP) is 0.368. The molecule has 1 fully saturated rings. The van der Waals surface area contributed by atoms with Crippen LogP contribution >= 0.6 is 0 Å². The second-order valence-electron chi connectivity index (χ2n) is 4.52. The maximum Gasteiger partial charge on any atom is 0.240 e. The Balaban J connectivity index is 2.09. The Morgan fingerprint density at radius 2 is 2.12 bits per heavy atom. The van der Waals surface area contributed by atoms with Gasteiger partial charge in [-0.15, -0.1) is 0 Å². The number of carbonyl (C=O) groups excluding carboxylic acids is 1. The van der Waals surface area contributed by atoms with Gasteiger partial charge < -0.3 is 10.4 Å². The lowest BCUT2D eigenvalue weighted by atomic mass is 10.1. The van der Waals surface area contributed by atoms with Crippen LogP contribution in [0.25, 0.3) is 0 Å². The molecule has 1 aromatic carbocycles. The number of aliphatic hydroxyl groups is 1. The van der Waals surface area contributed by atoms with E-state index in [0.717, 1.165) is 12.1 Å². The standard InChI is InChI=1S/C13H18N2O2/c1-10-7-15(12(9-16)13(17)14-10)8-11-5-3-2-4-6-11/h2-6,10,12,16H,7-9H2,1H3,(H,14,17). The molecule has 1 aliphatic heterocycles. The van der Waals surface area contributed by atoms with Gasteiger partial charge in [0.05, 0.1) is 6.61 Å². The number of nitrogens with zero attached hydrogens (tertiary/aromatic N) is 1. The van der Waals surface area contributed by atoms with Crippen LogP contribution in [0.4, 0.5) is 0 Å². The summed E-state index contributed by atoms with van der Waals surface area (Å²) in [5.74, 6) is -0.0813. The van der Waals surface area contributed by atoms with Gasteiger partial charge in [-0.2, -0.15) is 0 Å². The zero-order valence-corrected chi connectivity index (χ0v) is 9.97. The van der Waals surface area contributed by atoms with Crippen LogP contribution in [0.15, 0.2) is 30.3 Å². The van der Waals surface area contributed by atoms with Crippen LogP contribution in [0.1, 0.15) is 12.5 Å². The molecule has 2 atom stereocenters. The van der Waals surface area contributed by atoms with Crippen molar-refractivity contribution in [2.75, 3.05) is 13.2 Å². The van der Waals surface area contributed by atoms with Crippen LogP contribution in [-0.4, -0.2) is 41.1 Å². The third-order valence-corrected chi connectivity index (χ3v) is 3.04. The van der Waals surface area contributed by atoms with Crippen LogP contribution in [0, 0.1) is 0 Å². The van der Waals surface area contributed by atoms with E-state index in [-0.39, 0.29) is 18.6 Å². The molecular formula is C13H18N2O2. The highest BCUT2D eigenvalue weighted by Gasteiger charge is 2.31. The molecule has 1 heterocycles. The van der Waals surface area contributed by atoms with Crippen molar-refractivity contribution in [3.05, 3.63) is 35.9 Å². The molecule has 17 heavy (non-hydrogen) atoms. The fourth-order valence-corrected chi connectivity index (χ4v) is 2.22. The minimum Gasteiger partial charge on any atom is -0.394 e. The SMILES string of the molecule is CC1CN(Cc2ccccc2)C(CO)C(=O)N1. The number of benzene rings is 1. The van der Waals surface area contributed by atoms with Gasteiger partial charge in [-0.1, -0.05) is 30.3 Å². The lowest BCUT2D eigenvalue weighted by Gasteiger charge is -2.37. The summed E-state index contributed by atoms with van der Waals surface area (Å²) in [5, 5.41) is 12.1. The van der Waals surface area contributed by atoms with Gasteiger partial charge in [0, 0.05) is 19.1 Å². The number of amides is 1. The zero-order chi connectivity index (χ0) is 12.3. The van der Waals surface area contributed by atoms with Crippen LogP contribution in [0.2, 0.25) is 0 Å². The molecule has 1 aliphatic rings. The van der Waals surface area contributed by atoms with Crippen molar-refractivity contribution in [1.29, 1.82) is 0 Å².